The maximum absolute atomic E-state index is 5.97. The molecule has 1 aromatic heterocycles. The van der Waals surface area contributed by atoms with E-state index in [2.05, 4.69) is 47.6 Å². The van der Waals surface area contributed by atoms with Gasteiger partial charge in [-0.1, -0.05) is 42.8 Å². The highest BCUT2D eigenvalue weighted by atomic mass is 35.5. The van der Waals surface area contributed by atoms with E-state index in [1.165, 1.54) is 10.9 Å². The number of hydrogen-bond donors (Lipinski definition) is 1. The van der Waals surface area contributed by atoms with Gasteiger partial charge in [0.05, 0.1) is 6.04 Å². The number of anilines is 1. The van der Waals surface area contributed by atoms with E-state index < -0.39 is 0 Å². The van der Waals surface area contributed by atoms with Crippen molar-refractivity contribution in [2.24, 2.45) is 0 Å². The molecule has 0 saturated heterocycles. The van der Waals surface area contributed by atoms with Crippen molar-refractivity contribution in [3.8, 4) is 0 Å². The predicted molar refractivity (Wildman–Crippen MR) is 89.8 cm³/mol. The molecule has 21 heavy (non-hydrogen) atoms. The average molecular weight is 297 g/mol. The van der Waals surface area contributed by atoms with Crippen LogP contribution in [0.4, 0.5) is 5.69 Å². The Labute approximate surface area is 129 Å². The fourth-order valence-electron chi connectivity index (χ4n) is 2.54. The van der Waals surface area contributed by atoms with Gasteiger partial charge in [-0.2, -0.15) is 0 Å². The number of benzene rings is 2. The number of rotatable bonds is 4. The maximum atomic E-state index is 5.97. The molecule has 0 aliphatic rings. The van der Waals surface area contributed by atoms with Gasteiger partial charge in [-0.3, -0.25) is 4.98 Å². The first-order valence-electron chi connectivity index (χ1n) is 7.12. The average Bonchev–Trinajstić information content (AvgIpc) is 2.54. The normalized spacial score (nSPS) is 12.3. The minimum atomic E-state index is 0.257. The number of fused-ring (bicyclic) bond motifs is 1. The van der Waals surface area contributed by atoms with Crippen LogP contribution >= 0.6 is 11.6 Å². The first-order chi connectivity index (χ1) is 10.3. The molecule has 0 amide bonds. The van der Waals surface area contributed by atoms with Gasteiger partial charge in [0.2, 0.25) is 0 Å². The summed E-state index contributed by atoms with van der Waals surface area (Å²) in [4.78, 5) is 4.23. The zero-order chi connectivity index (χ0) is 14.7. The van der Waals surface area contributed by atoms with Crippen LogP contribution in [0.1, 0.15) is 24.9 Å². The van der Waals surface area contributed by atoms with E-state index in [9.17, 15) is 0 Å². The molecule has 2 aromatic carbocycles. The van der Waals surface area contributed by atoms with Crippen LogP contribution in [0.5, 0.6) is 0 Å². The molecule has 3 aromatic rings. The second kappa shape index (κ2) is 6.15. The smallest absolute Gasteiger partial charge is 0.0511 e. The summed E-state index contributed by atoms with van der Waals surface area (Å²) < 4.78 is 0. The molecule has 1 N–H and O–H groups in total. The molecule has 0 radical (unpaired) electrons. The lowest BCUT2D eigenvalue weighted by molar-refractivity contribution is 0.750. The van der Waals surface area contributed by atoms with Gasteiger partial charge in [0.15, 0.2) is 0 Å². The van der Waals surface area contributed by atoms with Gasteiger partial charge in [-0.05, 0) is 41.6 Å². The van der Waals surface area contributed by atoms with Crippen LogP contribution in [0.2, 0.25) is 5.02 Å². The summed E-state index contributed by atoms with van der Waals surface area (Å²) in [5, 5.41) is 6.73. The van der Waals surface area contributed by atoms with Gasteiger partial charge in [0, 0.05) is 28.5 Å². The minimum absolute atomic E-state index is 0.257. The van der Waals surface area contributed by atoms with Crippen LogP contribution in [0.3, 0.4) is 0 Å². The van der Waals surface area contributed by atoms with E-state index >= 15 is 0 Å². The van der Waals surface area contributed by atoms with Crippen molar-refractivity contribution in [3.63, 3.8) is 0 Å². The molecular weight excluding hydrogens is 280 g/mol. The van der Waals surface area contributed by atoms with Crippen LogP contribution < -0.4 is 5.32 Å². The fraction of sp³-hybridized carbons (Fsp3) is 0.167. The summed E-state index contributed by atoms with van der Waals surface area (Å²) in [6.45, 7) is 2.18. The number of nitrogens with zero attached hydrogens (tertiary/aromatic N) is 1. The summed E-state index contributed by atoms with van der Waals surface area (Å²) >= 11 is 5.97. The second-order valence-electron chi connectivity index (χ2n) is 5.06. The monoisotopic (exact) mass is 296 g/mol. The highest BCUT2D eigenvalue weighted by Crippen LogP contribution is 2.28. The van der Waals surface area contributed by atoms with Crippen molar-refractivity contribution in [1.82, 2.24) is 4.98 Å². The van der Waals surface area contributed by atoms with E-state index in [1.807, 2.05) is 30.6 Å². The lowest BCUT2D eigenvalue weighted by Gasteiger charge is -2.20. The molecule has 3 rings (SSSR count). The highest BCUT2D eigenvalue weighted by Gasteiger charge is 2.10. The zero-order valence-corrected chi connectivity index (χ0v) is 12.6. The van der Waals surface area contributed by atoms with Crippen molar-refractivity contribution < 1.29 is 0 Å². The Morgan fingerprint density at radius 1 is 1.10 bits per heavy atom. The van der Waals surface area contributed by atoms with E-state index in [4.69, 9.17) is 11.6 Å². The third kappa shape index (κ3) is 3.01. The maximum Gasteiger partial charge on any atom is 0.0511 e. The first-order valence-corrected chi connectivity index (χ1v) is 7.50. The fourth-order valence-corrected chi connectivity index (χ4v) is 2.67. The highest BCUT2D eigenvalue weighted by molar-refractivity contribution is 6.30. The molecule has 1 atom stereocenters. The Hall–Kier alpha value is -2.06. The number of aromatic nitrogens is 1. The molecule has 0 bridgehead atoms. The molecule has 1 unspecified atom stereocenters. The van der Waals surface area contributed by atoms with E-state index in [-0.39, 0.29) is 6.04 Å². The molecule has 1 heterocycles. The number of halogens is 1. The number of nitrogens with one attached hydrogen (secondary N) is 1. The second-order valence-corrected chi connectivity index (χ2v) is 5.50. The van der Waals surface area contributed by atoms with Gasteiger partial charge in [-0.15, -0.1) is 0 Å². The Balaban J connectivity index is 1.94. The molecule has 0 aliphatic carbocycles. The lowest BCUT2D eigenvalue weighted by atomic mass is 10.0. The van der Waals surface area contributed by atoms with Crippen LogP contribution in [-0.2, 0) is 0 Å². The summed E-state index contributed by atoms with van der Waals surface area (Å²) in [5.41, 5.74) is 2.35. The van der Waals surface area contributed by atoms with Crippen LogP contribution in [0, 0.1) is 0 Å². The molecule has 3 heteroatoms. The summed E-state index contributed by atoms with van der Waals surface area (Å²) in [6, 6.07) is 16.6. The predicted octanol–water partition coefficient (Wildman–Crippen LogP) is 5.45. The molecule has 0 spiro atoms. The SMILES string of the molecule is CCC(Nc1cccc2ccncc12)c1ccc(Cl)cc1. The topological polar surface area (TPSA) is 24.9 Å². The van der Waals surface area contributed by atoms with Crippen LogP contribution in [0.25, 0.3) is 10.8 Å². The molecule has 106 valence electrons. The number of pyridine rings is 1. The Kier molecular flexibility index (Phi) is 4.07. The lowest BCUT2D eigenvalue weighted by Crippen LogP contribution is -2.09. The van der Waals surface area contributed by atoms with E-state index in [0.717, 1.165) is 22.5 Å². The van der Waals surface area contributed by atoms with Crippen molar-refractivity contribution in [3.05, 3.63) is 71.5 Å². The third-order valence-corrected chi connectivity index (χ3v) is 3.95. The molecule has 2 nitrogen and oxygen atoms in total. The van der Waals surface area contributed by atoms with Crippen molar-refractivity contribution in [2.45, 2.75) is 19.4 Å². The van der Waals surface area contributed by atoms with Gasteiger partial charge in [0.1, 0.15) is 0 Å². The summed E-state index contributed by atoms with van der Waals surface area (Å²) in [5.74, 6) is 0. The van der Waals surface area contributed by atoms with E-state index in [0.29, 0.717) is 0 Å². The van der Waals surface area contributed by atoms with Gasteiger partial charge < -0.3 is 5.32 Å². The largest absolute Gasteiger partial charge is 0.378 e. The van der Waals surface area contributed by atoms with Gasteiger partial charge >= 0.3 is 0 Å². The van der Waals surface area contributed by atoms with Crippen LogP contribution in [-0.4, -0.2) is 4.98 Å². The quantitative estimate of drug-likeness (QED) is 0.692. The Morgan fingerprint density at radius 2 is 1.90 bits per heavy atom. The zero-order valence-electron chi connectivity index (χ0n) is 11.9. The standard InChI is InChI=1S/C18H17ClN2/c1-2-17(14-6-8-15(19)9-7-14)21-18-5-3-4-13-10-11-20-12-16(13)18/h3-12,17,21H,2H2,1H3. The Morgan fingerprint density at radius 3 is 2.67 bits per heavy atom. The van der Waals surface area contributed by atoms with Crippen molar-refractivity contribution in [1.29, 1.82) is 0 Å². The molecule has 0 fully saturated rings. The summed E-state index contributed by atoms with van der Waals surface area (Å²) in [7, 11) is 0. The summed E-state index contributed by atoms with van der Waals surface area (Å²) in [6.07, 6.45) is 4.73. The van der Waals surface area contributed by atoms with Crippen molar-refractivity contribution >= 4 is 28.1 Å². The first kappa shape index (κ1) is 13.9. The third-order valence-electron chi connectivity index (χ3n) is 3.69. The van der Waals surface area contributed by atoms with Gasteiger partial charge in [0.25, 0.3) is 0 Å². The molecular formula is C18H17ClN2. The number of hydrogen-bond acceptors (Lipinski definition) is 2. The minimum Gasteiger partial charge on any atom is -0.378 e. The molecule has 0 saturated carbocycles. The molecule has 0 aliphatic heterocycles. The van der Waals surface area contributed by atoms with Gasteiger partial charge in [-0.25, -0.2) is 0 Å². The van der Waals surface area contributed by atoms with Crippen molar-refractivity contribution in [2.75, 3.05) is 5.32 Å². The Bertz CT molecular complexity index is 732. The van der Waals surface area contributed by atoms with Crippen LogP contribution in [0.15, 0.2) is 60.9 Å². The van der Waals surface area contributed by atoms with E-state index in [1.54, 1.807) is 0 Å².